The second-order valence-electron chi connectivity index (χ2n) is 4.11. The molecule has 2 rings (SSSR count). The van der Waals surface area contributed by atoms with Crippen molar-refractivity contribution in [3.8, 4) is 17.2 Å². The molecule has 0 amide bonds. The van der Waals surface area contributed by atoms with Gasteiger partial charge >= 0.3 is 0 Å². The molecular formula is C14H19N3O2. The van der Waals surface area contributed by atoms with E-state index < -0.39 is 0 Å². The van der Waals surface area contributed by atoms with Gasteiger partial charge in [-0.1, -0.05) is 19.1 Å². The Hall–Kier alpha value is -1.88. The molecule has 0 aliphatic carbocycles. The molecule has 1 N–H and O–H groups in total. The topological polar surface area (TPSA) is 60.2 Å². The van der Waals surface area contributed by atoms with Gasteiger partial charge in [0.2, 0.25) is 5.89 Å². The van der Waals surface area contributed by atoms with Crippen LogP contribution in [0.4, 0.5) is 0 Å². The van der Waals surface area contributed by atoms with Gasteiger partial charge in [0.1, 0.15) is 5.75 Å². The lowest BCUT2D eigenvalue weighted by molar-refractivity contribution is 0.340. The summed E-state index contributed by atoms with van der Waals surface area (Å²) in [6.07, 6.45) is 1.08. The van der Waals surface area contributed by atoms with Crippen LogP contribution in [0.2, 0.25) is 0 Å². The summed E-state index contributed by atoms with van der Waals surface area (Å²) in [5.41, 5.74) is 0.832. The quantitative estimate of drug-likeness (QED) is 0.776. The van der Waals surface area contributed by atoms with Crippen molar-refractivity contribution in [3.05, 3.63) is 30.2 Å². The normalized spacial score (nSPS) is 10.6. The summed E-state index contributed by atoms with van der Waals surface area (Å²) in [6, 6.07) is 7.67. The summed E-state index contributed by atoms with van der Waals surface area (Å²) < 4.78 is 11.2. The monoisotopic (exact) mass is 261 g/mol. The van der Waals surface area contributed by atoms with Crippen molar-refractivity contribution in [1.82, 2.24) is 15.5 Å². The largest absolute Gasteiger partial charge is 0.493 e. The molecule has 0 bridgehead atoms. The number of hydrogen-bond acceptors (Lipinski definition) is 5. The summed E-state index contributed by atoms with van der Waals surface area (Å²) in [4.78, 5) is 0. The first-order valence-corrected chi connectivity index (χ1v) is 6.60. The van der Waals surface area contributed by atoms with Crippen LogP contribution < -0.4 is 10.1 Å². The minimum Gasteiger partial charge on any atom is -0.493 e. The van der Waals surface area contributed by atoms with Gasteiger partial charge in [0.15, 0.2) is 0 Å². The Morgan fingerprint density at radius 3 is 2.84 bits per heavy atom. The van der Waals surface area contributed by atoms with Gasteiger partial charge in [0.25, 0.3) is 5.89 Å². The summed E-state index contributed by atoms with van der Waals surface area (Å²) in [5.74, 6) is 1.86. The van der Waals surface area contributed by atoms with Crippen molar-refractivity contribution in [2.24, 2.45) is 0 Å². The maximum absolute atomic E-state index is 5.64. The minimum atomic E-state index is 0.498. The molecule has 1 aromatic carbocycles. The number of ether oxygens (including phenoxy) is 1. The van der Waals surface area contributed by atoms with Crippen LogP contribution in [-0.2, 0) is 6.54 Å². The lowest BCUT2D eigenvalue weighted by Crippen LogP contribution is -2.13. The molecule has 0 atom stereocenters. The zero-order valence-corrected chi connectivity index (χ0v) is 11.3. The van der Waals surface area contributed by atoms with Crippen LogP contribution >= 0.6 is 0 Å². The average molecular weight is 261 g/mol. The number of hydrogen-bond donors (Lipinski definition) is 1. The van der Waals surface area contributed by atoms with Crippen LogP contribution in [0, 0.1) is 0 Å². The minimum absolute atomic E-state index is 0.498. The molecule has 0 aliphatic rings. The van der Waals surface area contributed by atoms with E-state index in [1.165, 1.54) is 0 Å². The van der Waals surface area contributed by atoms with E-state index in [1.807, 2.05) is 31.2 Å². The molecule has 5 nitrogen and oxygen atoms in total. The molecule has 19 heavy (non-hydrogen) atoms. The second-order valence-corrected chi connectivity index (χ2v) is 4.11. The number of nitrogens with one attached hydrogen (secondary N) is 1. The Morgan fingerprint density at radius 2 is 2.05 bits per heavy atom. The first-order valence-electron chi connectivity index (χ1n) is 6.60. The van der Waals surface area contributed by atoms with E-state index in [2.05, 4.69) is 22.4 Å². The molecular weight excluding hydrogens is 242 g/mol. The molecule has 0 unspecified atom stereocenters. The van der Waals surface area contributed by atoms with Gasteiger partial charge in [0, 0.05) is 0 Å². The molecule has 0 saturated carbocycles. The Kier molecular flexibility index (Phi) is 4.92. The summed E-state index contributed by atoms with van der Waals surface area (Å²) in [7, 11) is 0. The highest BCUT2D eigenvalue weighted by atomic mass is 16.5. The fourth-order valence-electron chi connectivity index (χ4n) is 1.73. The fourth-order valence-corrected chi connectivity index (χ4v) is 1.73. The van der Waals surface area contributed by atoms with E-state index in [1.54, 1.807) is 0 Å². The Balaban J connectivity index is 2.13. The van der Waals surface area contributed by atoms with Gasteiger partial charge in [-0.2, -0.15) is 0 Å². The number of nitrogens with zero attached hydrogens (tertiary/aromatic N) is 2. The predicted octanol–water partition coefficient (Wildman–Crippen LogP) is 2.63. The van der Waals surface area contributed by atoms with E-state index in [0.717, 1.165) is 24.3 Å². The molecule has 0 saturated heterocycles. The van der Waals surface area contributed by atoms with Gasteiger partial charge in [-0.25, -0.2) is 0 Å². The maximum Gasteiger partial charge on any atom is 0.251 e. The van der Waals surface area contributed by atoms with Crippen LogP contribution in [-0.4, -0.2) is 23.3 Å². The van der Waals surface area contributed by atoms with Crippen LogP contribution in [0.5, 0.6) is 5.75 Å². The zero-order valence-electron chi connectivity index (χ0n) is 11.3. The molecule has 102 valence electrons. The van der Waals surface area contributed by atoms with Crippen molar-refractivity contribution in [2.75, 3.05) is 13.2 Å². The third-order valence-electron chi connectivity index (χ3n) is 2.59. The lowest BCUT2D eigenvalue weighted by atomic mass is 10.2. The van der Waals surface area contributed by atoms with Crippen molar-refractivity contribution < 1.29 is 9.15 Å². The summed E-state index contributed by atoms with van der Waals surface area (Å²) in [5, 5.41) is 11.3. The Labute approximate surface area is 113 Å². The highest BCUT2D eigenvalue weighted by Crippen LogP contribution is 2.28. The van der Waals surface area contributed by atoms with Crippen LogP contribution in [0.1, 0.15) is 26.2 Å². The van der Waals surface area contributed by atoms with Crippen molar-refractivity contribution in [2.45, 2.75) is 26.8 Å². The highest BCUT2D eigenvalue weighted by molar-refractivity contribution is 5.62. The lowest BCUT2D eigenvalue weighted by Gasteiger charge is -2.06. The van der Waals surface area contributed by atoms with Gasteiger partial charge in [-0.15, -0.1) is 10.2 Å². The third-order valence-corrected chi connectivity index (χ3v) is 2.59. The van der Waals surface area contributed by atoms with E-state index in [9.17, 15) is 0 Å². The van der Waals surface area contributed by atoms with Gasteiger partial charge in [-0.3, -0.25) is 0 Å². The molecule has 2 aromatic rings. The number of aromatic nitrogens is 2. The predicted molar refractivity (Wildman–Crippen MR) is 72.9 cm³/mol. The SMILES string of the molecule is CCCNCc1nnc(-c2ccccc2OCC)o1. The highest BCUT2D eigenvalue weighted by Gasteiger charge is 2.12. The Morgan fingerprint density at radius 1 is 1.21 bits per heavy atom. The molecule has 0 spiro atoms. The number of para-hydroxylation sites is 1. The summed E-state index contributed by atoms with van der Waals surface area (Å²) >= 11 is 0. The maximum atomic E-state index is 5.64. The fraction of sp³-hybridized carbons (Fsp3) is 0.429. The van der Waals surface area contributed by atoms with Crippen LogP contribution in [0.15, 0.2) is 28.7 Å². The standard InChI is InChI=1S/C14H19N3O2/c1-3-9-15-10-13-16-17-14(19-13)11-7-5-6-8-12(11)18-4-2/h5-8,15H,3-4,9-10H2,1-2H3. The second kappa shape index (κ2) is 6.89. The smallest absolute Gasteiger partial charge is 0.251 e. The van der Waals surface area contributed by atoms with Crippen molar-refractivity contribution in [3.63, 3.8) is 0 Å². The van der Waals surface area contributed by atoms with Gasteiger partial charge in [0.05, 0.1) is 18.7 Å². The molecule has 1 aromatic heterocycles. The Bertz CT molecular complexity index is 511. The van der Waals surface area contributed by atoms with Crippen LogP contribution in [0.25, 0.3) is 11.5 Å². The molecule has 0 fully saturated rings. The number of benzene rings is 1. The van der Waals surface area contributed by atoms with E-state index in [0.29, 0.717) is 24.9 Å². The third kappa shape index (κ3) is 3.54. The van der Waals surface area contributed by atoms with Gasteiger partial charge in [-0.05, 0) is 32.0 Å². The first kappa shape index (κ1) is 13.5. The van der Waals surface area contributed by atoms with Crippen LogP contribution in [0.3, 0.4) is 0 Å². The molecule has 0 aliphatic heterocycles. The first-order chi connectivity index (χ1) is 9.35. The van der Waals surface area contributed by atoms with E-state index in [4.69, 9.17) is 9.15 Å². The summed E-state index contributed by atoms with van der Waals surface area (Å²) in [6.45, 7) is 6.20. The number of rotatable bonds is 7. The molecule has 5 heteroatoms. The van der Waals surface area contributed by atoms with Crippen molar-refractivity contribution >= 4 is 0 Å². The van der Waals surface area contributed by atoms with Crippen molar-refractivity contribution in [1.29, 1.82) is 0 Å². The average Bonchev–Trinajstić information content (AvgIpc) is 2.89. The van der Waals surface area contributed by atoms with E-state index in [-0.39, 0.29) is 0 Å². The molecule has 0 radical (unpaired) electrons. The van der Waals surface area contributed by atoms with Gasteiger partial charge < -0.3 is 14.5 Å². The van der Waals surface area contributed by atoms with E-state index >= 15 is 0 Å². The molecule has 1 heterocycles. The zero-order chi connectivity index (χ0) is 13.5.